The molecular formula is C29H31F3N6O2S2. The van der Waals surface area contributed by atoms with Gasteiger partial charge in [-0.05, 0) is 55.0 Å². The zero-order chi connectivity index (χ0) is 28.6. The molecule has 4 aliphatic heterocycles. The summed E-state index contributed by atoms with van der Waals surface area (Å²) < 4.78 is 61.0. The van der Waals surface area contributed by atoms with Gasteiger partial charge in [0.25, 0.3) is 0 Å². The fourth-order valence-electron chi connectivity index (χ4n) is 6.56. The number of piperazine rings is 1. The minimum Gasteiger partial charge on any atom is -0.378 e. The molecule has 222 valence electrons. The van der Waals surface area contributed by atoms with E-state index in [1.165, 1.54) is 17.0 Å². The van der Waals surface area contributed by atoms with Gasteiger partial charge in [-0.15, -0.1) is 11.3 Å². The van der Waals surface area contributed by atoms with Gasteiger partial charge in [-0.1, -0.05) is 0 Å². The van der Waals surface area contributed by atoms with Crippen LogP contribution in [0.4, 0.5) is 30.5 Å². The third kappa shape index (κ3) is 4.92. The van der Waals surface area contributed by atoms with Crippen LogP contribution in [-0.2, 0) is 28.3 Å². The van der Waals surface area contributed by atoms with Crippen molar-refractivity contribution in [1.82, 2.24) is 20.2 Å². The summed E-state index contributed by atoms with van der Waals surface area (Å²) in [6, 6.07) is 9.27. The number of aromatic nitrogens is 2. The van der Waals surface area contributed by atoms with E-state index in [4.69, 9.17) is 4.74 Å². The molecule has 4 fully saturated rings. The topological polar surface area (TPSA) is 82.6 Å². The van der Waals surface area contributed by atoms with Gasteiger partial charge in [0.2, 0.25) is 5.95 Å². The number of nitrogens with one attached hydrogen (secondary N) is 2. The van der Waals surface area contributed by atoms with Crippen LogP contribution in [0.5, 0.6) is 0 Å². The van der Waals surface area contributed by atoms with E-state index in [-0.39, 0.29) is 17.7 Å². The van der Waals surface area contributed by atoms with E-state index >= 15 is 0 Å². The van der Waals surface area contributed by atoms with Gasteiger partial charge in [-0.3, -0.25) is 9.11 Å². The zero-order valence-corrected chi connectivity index (χ0v) is 24.5. The largest absolute Gasteiger partial charge is 0.420 e. The molecule has 3 saturated heterocycles. The van der Waals surface area contributed by atoms with Gasteiger partial charge in [-0.2, -0.15) is 13.2 Å². The molecule has 2 N–H and O–H groups in total. The third-order valence-corrected chi connectivity index (χ3v) is 11.7. The van der Waals surface area contributed by atoms with Crippen molar-refractivity contribution >= 4 is 39.5 Å². The van der Waals surface area contributed by atoms with Crippen molar-refractivity contribution < 1.29 is 22.1 Å². The predicted octanol–water partition coefficient (Wildman–Crippen LogP) is 4.72. The summed E-state index contributed by atoms with van der Waals surface area (Å²) in [5.74, 6) is 0.985. The summed E-state index contributed by atoms with van der Waals surface area (Å²) >= 11 is 1.24. The van der Waals surface area contributed by atoms with Crippen molar-refractivity contribution in [2.45, 2.75) is 60.9 Å². The highest BCUT2D eigenvalue weighted by atomic mass is 32.2. The average Bonchev–Trinajstić information content (AvgIpc) is 3.39. The van der Waals surface area contributed by atoms with Gasteiger partial charge < -0.3 is 20.3 Å². The van der Waals surface area contributed by atoms with E-state index < -0.39 is 22.5 Å². The Morgan fingerprint density at radius 1 is 1.17 bits per heavy atom. The number of hydrogen-bond donors (Lipinski definition) is 2. The first-order chi connectivity index (χ1) is 20.3. The highest BCUT2D eigenvalue weighted by Crippen LogP contribution is 2.47. The maximum Gasteiger partial charge on any atom is 0.420 e. The van der Waals surface area contributed by atoms with Gasteiger partial charge in [0.15, 0.2) is 0 Å². The van der Waals surface area contributed by atoms with Crippen molar-refractivity contribution in [3.05, 3.63) is 46.5 Å². The Kier molecular flexibility index (Phi) is 6.60. The lowest BCUT2D eigenvalue weighted by Gasteiger charge is -2.36. The SMILES string of the molecule is O=S1CCN(C2COC2)Cc2sc(-c3nc(Nc4ccc(N5C[C@H]6C[C@@H]5CN6)cc4C4CC4)ncc3C(F)(F)F)cc21. The maximum atomic E-state index is 14.2. The molecule has 2 bridgehead atoms. The van der Waals surface area contributed by atoms with E-state index in [9.17, 15) is 17.4 Å². The number of fused-ring (bicyclic) bond motifs is 3. The molecule has 3 aromatic rings. The molecule has 0 amide bonds. The maximum absolute atomic E-state index is 14.2. The lowest BCUT2D eigenvalue weighted by Crippen LogP contribution is -2.49. The van der Waals surface area contributed by atoms with Gasteiger partial charge in [0, 0.05) is 66.5 Å². The zero-order valence-electron chi connectivity index (χ0n) is 22.8. The van der Waals surface area contributed by atoms with Crippen molar-refractivity contribution in [3.8, 4) is 10.6 Å². The number of rotatable bonds is 6. The predicted molar refractivity (Wildman–Crippen MR) is 156 cm³/mol. The Morgan fingerprint density at radius 2 is 2.02 bits per heavy atom. The molecule has 8 rings (SSSR count). The minimum absolute atomic E-state index is 0.120. The Labute approximate surface area is 248 Å². The Bertz CT molecular complexity index is 1560. The van der Waals surface area contributed by atoms with Crippen molar-refractivity contribution in [2.75, 3.05) is 48.8 Å². The Morgan fingerprint density at radius 3 is 2.71 bits per heavy atom. The molecule has 5 aliphatic rings. The van der Waals surface area contributed by atoms with Crippen LogP contribution in [0.15, 0.2) is 35.4 Å². The summed E-state index contributed by atoms with van der Waals surface area (Å²) in [6.45, 7) is 4.46. The molecule has 1 unspecified atom stereocenters. The second-order valence-corrected chi connectivity index (χ2v) is 14.6. The van der Waals surface area contributed by atoms with E-state index in [1.807, 2.05) is 6.07 Å². The van der Waals surface area contributed by atoms with Gasteiger partial charge in [0.1, 0.15) is 5.56 Å². The summed E-state index contributed by atoms with van der Waals surface area (Å²) in [6.07, 6.45) is -0.425. The molecule has 2 aromatic heterocycles. The first-order valence-corrected chi connectivity index (χ1v) is 16.6. The summed E-state index contributed by atoms with van der Waals surface area (Å²) in [7, 11) is -1.29. The molecule has 6 heterocycles. The summed E-state index contributed by atoms with van der Waals surface area (Å²) in [5.41, 5.74) is 2.11. The summed E-state index contributed by atoms with van der Waals surface area (Å²) in [4.78, 5) is 15.0. The lowest BCUT2D eigenvalue weighted by atomic mass is 10.1. The van der Waals surface area contributed by atoms with E-state index in [2.05, 4.69) is 42.5 Å². The van der Waals surface area contributed by atoms with Crippen LogP contribution in [0.2, 0.25) is 0 Å². The molecule has 42 heavy (non-hydrogen) atoms. The Balaban J connectivity index is 1.12. The number of anilines is 3. The number of hydrogen-bond acceptors (Lipinski definition) is 9. The van der Waals surface area contributed by atoms with Crippen LogP contribution in [0.25, 0.3) is 10.6 Å². The van der Waals surface area contributed by atoms with E-state index in [0.717, 1.165) is 54.7 Å². The molecule has 1 aliphatic carbocycles. The first kappa shape index (κ1) is 27.0. The molecule has 3 atom stereocenters. The minimum atomic E-state index is -4.63. The molecule has 1 saturated carbocycles. The number of benzene rings is 1. The molecule has 8 nitrogen and oxygen atoms in total. The van der Waals surface area contributed by atoms with Crippen LogP contribution in [0.1, 0.15) is 41.2 Å². The highest BCUT2D eigenvalue weighted by molar-refractivity contribution is 7.85. The average molecular weight is 617 g/mol. The second kappa shape index (κ2) is 10.3. The number of halogens is 3. The van der Waals surface area contributed by atoms with Crippen molar-refractivity contribution in [1.29, 1.82) is 0 Å². The van der Waals surface area contributed by atoms with Crippen LogP contribution < -0.4 is 15.5 Å². The lowest BCUT2D eigenvalue weighted by molar-refractivity contribution is -0.137. The summed E-state index contributed by atoms with van der Waals surface area (Å²) in [5, 5.41) is 6.80. The smallest absolute Gasteiger partial charge is 0.378 e. The first-order valence-electron chi connectivity index (χ1n) is 14.5. The number of ether oxygens (including phenoxy) is 1. The monoisotopic (exact) mass is 616 g/mol. The quantitative estimate of drug-likeness (QED) is 0.412. The van der Waals surface area contributed by atoms with Gasteiger partial charge >= 0.3 is 6.18 Å². The van der Waals surface area contributed by atoms with E-state index in [0.29, 0.717) is 59.8 Å². The molecular weight excluding hydrogens is 585 g/mol. The number of thiophene rings is 1. The number of alkyl halides is 3. The van der Waals surface area contributed by atoms with Crippen LogP contribution >= 0.6 is 11.3 Å². The molecule has 1 aromatic carbocycles. The number of nitrogens with zero attached hydrogens (tertiary/aromatic N) is 4. The van der Waals surface area contributed by atoms with Crippen LogP contribution in [0, 0.1) is 0 Å². The normalized spacial score (nSPS) is 26.3. The third-order valence-electron chi connectivity index (χ3n) is 9.08. The Hall–Kier alpha value is -2.58. The van der Waals surface area contributed by atoms with Crippen LogP contribution in [-0.4, -0.2) is 75.8 Å². The van der Waals surface area contributed by atoms with Crippen molar-refractivity contribution in [2.24, 2.45) is 0 Å². The standard InChI is InChI=1S/C29H31F3N6O2S2/c30-29(31,32)22-11-34-28(35-23-4-3-18(8-21(23)16-1-2-16)38-12-17-7-19(38)10-33-17)36-27(22)24-9-26-25(41-24)13-37(5-6-42(26)39)20-14-40-15-20/h3-4,8-9,11,16-17,19-20,33H,1-2,5-7,10,12-15H2,(H,34,35,36)/t17-,19-,42?/m1/s1. The fraction of sp³-hybridized carbons (Fsp3) is 0.517. The van der Waals surface area contributed by atoms with Crippen molar-refractivity contribution in [3.63, 3.8) is 0 Å². The second-order valence-electron chi connectivity index (χ2n) is 11.9. The van der Waals surface area contributed by atoms with Crippen LogP contribution in [0.3, 0.4) is 0 Å². The fourth-order valence-corrected chi connectivity index (χ4v) is 9.31. The highest BCUT2D eigenvalue weighted by Gasteiger charge is 2.39. The molecule has 0 radical (unpaired) electrons. The van der Waals surface area contributed by atoms with E-state index in [1.54, 1.807) is 6.07 Å². The molecule has 13 heteroatoms. The van der Waals surface area contributed by atoms with Gasteiger partial charge in [0.05, 0.1) is 45.5 Å². The molecule has 0 spiro atoms. The van der Waals surface area contributed by atoms with Gasteiger partial charge in [-0.25, -0.2) is 9.97 Å².